The Labute approximate surface area is 229 Å². The molecule has 0 amide bonds. The number of allylic oxidation sites excluding steroid dienone is 1. The molecule has 206 valence electrons. The van der Waals surface area contributed by atoms with Gasteiger partial charge in [-0.25, -0.2) is 4.79 Å². The number of methoxy groups -OCH3 is 1. The SMILES string of the molecule is CCOC(=O)C1=C(C)N=C2C[C@H](c3cccc(OC)c3)[C@H](C(=O)OCC)C(=O)C2[C@@H]1c1ccc(OCC)cc1. The minimum atomic E-state index is -1.06. The summed E-state index contributed by atoms with van der Waals surface area (Å²) in [5, 5.41) is 0. The fraction of sp³-hybridized carbons (Fsp3) is 0.419. The van der Waals surface area contributed by atoms with E-state index in [-0.39, 0.29) is 19.0 Å². The Bertz CT molecular complexity index is 1290. The minimum Gasteiger partial charge on any atom is -0.497 e. The zero-order chi connectivity index (χ0) is 28.1. The van der Waals surface area contributed by atoms with E-state index in [0.717, 1.165) is 11.1 Å². The highest BCUT2D eigenvalue weighted by molar-refractivity contribution is 6.17. The standard InChI is InChI=1S/C31H35NO7/c1-6-37-21-14-12-19(13-15-21)26-25(30(34)38-7-2)18(4)32-24-17-23(20-10-9-11-22(16-20)36-5)27(29(33)28(24)26)31(35)39-8-3/h9-16,23,26-28H,6-8,17H2,1-5H3/t23-,26-,27+,28?/m1/s1. The van der Waals surface area contributed by atoms with Crippen LogP contribution in [0.1, 0.15) is 57.1 Å². The van der Waals surface area contributed by atoms with Crippen molar-refractivity contribution in [3.8, 4) is 11.5 Å². The third-order valence-electron chi connectivity index (χ3n) is 7.26. The Morgan fingerprint density at radius 2 is 1.62 bits per heavy atom. The van der Waals surface area contributed by atoms with Crippen molar-refractivity contribution >= 4 is 23.4 Å². The van der Waals surface area contributed by atoms with Crippen LogP contribution in [0.3, 0.4) is 0 Å². The van der Waals surface area contributed by atoms with E-state index in [0.29, 0.717) is 41.5 Å². The molecule has 1 fully saturated rings. The van der Waals surface area contributed by atoms with Crippen LogP contribution in [0.2, 0.25) is 0 Å². The molecule has 0 spiro atoms. The molecule has 8 nitrogen and oxygen atoms in total. The summed E-state index contributed by atoms with van der Waals surface area (Å²) in [4.78, 5) is 45.7. The summed E-state index contributed by atoms with van der Waals surface area (Å²) in [6.45, 7) is 7.96. The highest BCUT2D eigenvalue weighted by atomic mass is 16.5. The van der Waals surface area contributed by atoms with Gasteiger partial charge >= 0.3 is 11.9 Å². The van der Waals surface area contributed by atoms with Gasteiger partial charge in [-0.3, -0.25) is 14.6 Å². The fourth-order valence-electron chi connectivity index (χ4n) is 5.64. The van der Waals surface area contributed by atoms with E-state index >= 15 is 0 Å². The predicted molar refractivity (Wildman–Crippen MR) is 146 cm³/mol. The molecule has 1 aliphatic carbocycles. The molecule has 39 heavy (non-hydrogen) atoms. The van der Waals surface area contributed by atoms with Gasteiger partial charge in [-0.05, 0) is 69.5 Å². The third-order valence-corrected chi connectivity index (χ3v) is 7.26. The highest BCUT2D eigenvalue weighted by Gasteiger charge is 2.53. The Morgan fingerprint density at radius 3 is 2.26 bits per heavy atom. The van der Waals surface area contributed by atoms with E-state index in [2.05, 4.69) is 0 Å². The number of aliphatic imine (C=N–C) groups is 1. The van der Waals surface area contributed by atoms with E-state index in [1.165, 1.54) is 0 Å². The van der Waals surface area contributed by atoms with Crippen LogP contribution in [0, 0.1) is 11.8 Å². The van der Waals surface area contributed by atoms with Gasteiger partial charge in [-0.15, -0.1) is 0 Å². The average Bonchev–Trinajstić information content (AvgIpc) is 2.93. The number of hydrogen-bond donors (Lipinski definition) is 0. The van der Waals surface area contributed by atoms with Crippen LogP contribution in [-0.4, -0.2) is 50.4 Å². The second-order valence-electron chi connectivity index (χ2n) is 9.50. The van der Waals surface area contributed by atoms with Crippen molar-refractivity contribution < 1.29 is 33.3 Å². The van der Waals surface area contributed by atoms with Gasteiger partial charge in [0.25, 0.3) is 0 Å². The van der Waals surface area contributed by atoms with Crippen molar-refractivity contribution in [2.24, 2.45) is 16.8 Å². The first-order chi connectivity index (χ1) is 18.8. The number of ketones is 1. The number of hydrogen-bond acceptors (Lipinski definition) is 8. The Balaban J connectivity index is 1.87. The second-order valence-corrected chi connectivity index (χ2v) is 9.50. The van der Waals surface area contributed by atoms with Gasteiger partial charge in [0.1, 0.15) is 17.4 Å². The molecule has 0 radical (unpaired) electrons. The molecule has 0 aromatic heterocycles. The first-order valence-corrected chi connectivity index (χ1v) is 13.4. The van der Waals surface area contributed by atoms with Crippen molar-refractivity contribution in [1.82, 2.24) is 0 Å². The number of fused-ring (bicyclic) bond motifs is 1. The summed E-state index contributed by atoms with van der Waals surface area (Å²) in [7, 11) is 1.57. The monoisotopic (exact) mass is 533 g/mol. The van der Waals surface area contributed by atoms with Gasteiger partial charge in [-0.1, -0.05) is 24.3 Å². The van der Waals surface area contributed by atoms with Gasteiger partial charge in [0, 0.05) is 23.2 Å². The van der Waals surface area contributed by atoms with Crippen molar-refractivity contribution in [3.05, 3.63) is 70.9 Å². The van der Waals surface area contributed by atoms with Gasteiger partial charge in [0.15, 0.2) is 5.78 Å². The summed E-state index contributed by atoms with van der Waals surface area (Å²) >= 11 is 0. The maximum atomic E-state index is 14.4. The summed E-state index contributed by atoms with van der Waals surface area (Å²) < 4.78 is 21.8. The van der Waals surface area contributed by atoms with E-state index in [4.69, 9.17) is 23.9 Å². The normalized spacial score (nSPS) is 22.5. The van der Waals surface area contributed by atoms with Crippen LogP contribution in [0.5, 0.6) is 11.5 Å². The zero-order valence-electron chi connectivity index (χ0n) is 23.1. The molecule has 2 aromatic rings. The molecule has 0 bridgehead atoms. The van der Waals surface area contributed by atoms with E-state index < -0.39 is 35.6 Å². The molecule has 1 unspecified atom stereocenters. The van der Waals surface area contributed by atoms with Gasteiger partial charge in [0.05, 0.1) is 38.4 Å². The van der Waals surface area contributed by atoms with Gasteiger partial charge < -0.3 is 18.9 Å². The number of nitrogens with zero attached hydrogens (tertiary/aromatic N) is 1. The van der Waals surface area contributed by atoms with Gasteiger partial charge in [-0.2, -0.15) is 0 Å². The lowest BCUT2D eigenvalue weighted by Gasteiger charge is -2.41. The van der Waals surface area contributed by atoms with Crippen molar-refractivity contribution in [2.45, 2.75) is 46.0 Å². The van der Waals surface area contributed by atoms with Crippen molar-refractivity contribution in [2.75, 3.05) is 26.9 Å². The summed E-state index contributed by atoms with van der Waals surface area (Å²) in [6.07, 6.45) is 0.355. The van der Waals surface area contributed by atoms with Crippen LogP contribution in [0.15, 0.2) is 64.8 Å². The first kappa shape index (κ1) is 28.1. The molecule has 1 saturated carbocycles. The quantitative estimate of drug-likeness (QED) is 0.330. The van der Waals surface area contributed by atoms with Crippen molar-refractivity contribution in [1.29, 1.82) is 0 Å². The molecule has 2 aliphatic rings. The largest absolute Gasteiger partial charge is 0.497 e. The number of esters is 2. The average molecular weight is 534 g/mol. The Hall–Kier alpha value is -3.94. The molecule has 8 heteroatoms. The molecule has 1 aliphatic heterocycles. The zero-order valence-corrected chi connectivity index (χ0v) is 23.1. The molecule has 1 heterocycles. The number of ether oxygens (including phenoxy) is 4. The molecule has 0 N–H and O–H groups in total. The maximum Gasteiger partial charge on any atom is 0.336 e. The predicted octanol–water partition coefficient (Wildman–Crippen LogP) is 5.02. The summed E-state index contributed by atoms with van der Waals surface area (Å²) in [5.74, 6) is -3.14. The topological polar surface area (TPSA) is 100 Å². The highest BCUT2D eigenvalue weighted by Crippen LogP contribution is 2.48. The number of rotatable bonds is 9. The molecule has 4 atom stereocenters. The van der Waals surface area contributed by atoms with Gasteiger partial charge in [0.2, 0.25) is 0 Å². The first-order valence-electron chi connectivity index (χ1n) is 13.4. The van der Waals surface area contributed by atoms with Crippen LogP contribution in [0.4, 0.5) is 0 Å². The minimum absolute atomic E-state index is 0.147. The molecule has 0 saturated heterocycles. The third kappa shape index (κ3) is 5.60. The lowest BCUT2D eigenvalue weighted by molar-refractivity contribution is -0.153. The Kier molecular flexibility index (Phi) is 8.84. The van der Waals surface area contributed by atoms with E-state index in [1.54, 1.807) is 27.9 Å². The summed E-state index contributed by atoms with van der Waals surface area (Å²) in [6, 6.07) is 14.7. The smallest absolute Gasteiger partial charge is 0.336 e. The lowest BCUT2D eigenvalue weighted by atomic mass is 9.62. The number of Topliss-reactive ketones (excluding diaryl/α,β-unsaturated/α-hetero) is 1. The van der Waals surface area contributed by atoms with Crippen molar-refractivity contribution in [3.63, 3.8) is 0 Å². The number of carbonyl (C=O) groups excluding carboxylic acids is 3. The van der Waals surface area contributed by atoms with Crippen LogP contribution in [-0.2, 0) is 23.9 Å². The number of carbonyl (C=O) groups is 3. The van der Waals surface area contributed by atoms with E-state index in [9.17, 15) is 14.4 Å². The van der Waals surface area contributed by atoms with Crippen LogP contribution < -0.4 is 9.47 Å². The molecule has 4 rings (SSSR count). The Morgan fingerprint density at radius 1 is 0.897 bits per heavy atom. The van der Waals surface area contributed by atoms with Crippen LogP contribution in [0.25, 0.3) is 0 Å². The fourth-order valence-corrected chi connectivity index (χ4v) is 5.64. The van der Waals surface area contributed by atoms with Crippen LogP contribution >= 0.6 is 0 Å². The van der Waals surface area contributed by atoms with E-state index in [1.807, 2.05) is 55.5 Å². The lowest BCUT2D eigenvalue weighted by Crippen LogP contribution is -2.48. The molecular weight excluding hydrogens is 498 g/mol. The number of benzene rings is 2. The maximum absolute atomic E-state index is 14.4. The summed E-state index contributed by atoms with van der Waals surface area (Å²) in [5.41, 5.74) is 3.00. The molecule has 2 aromatic carbocycles. The molecular formula is C31H35NO7. The second kappa shape index (κ2) is 12.3.